The molecule has 380 valence electrons. The highest BCUT2D eigenvalue weighted by atomic mass is 16.6. The second-order valence-corrected chi connectivity index (χ2v) is 17.7. The summed E-state index contributed by atoms with van der Waals surface area (Å²) in [4.78, 5) is 38.1. The number of hydrogen-bond acceptors (Lipinski definition) is 6. The average molecular weight is 929 g/mol. The van der Waals surface area contributed by atoms with Crippen LogP contribution in [0.25, 0.3) is 0 Å². The first kappa shape index (κ1) is 63.1. The van der Waals surface area contributed by atoms with Crippen LogP contribution in [0.2, 0.25) is 0 Å². The van der Waals surface area contributed by atoms with Gasteiger partial charge < -0.3 is 14.2 Å². The number of carbonyl (C=O) groups is 3. The fourth-order valence-corrected chi connectivity index (χ4v) is 7.18. The lowest BCUT2D eigenvalue weighted by Crippen LogP contribution is -2.30. The summed E-state index contributed by atoms with van der Waals surface area (Å²) in [7, 11) is 0. The lowest BCUT2D eigenvalue weighted by atomic mass is 10.1. The molecule has 1 unspecified atom stereocenters. The van der Waals surface area contributed by atoms with Crippen LogP contribution in [0, 0.1) is 0 Å². The van der Waals surface area contributed by atoms with E-state index < -0.39 is 6.10 Å². The number of carbonyl (C=O) groups excluding carboxylic acids is 3. The Hall–Kier alpha value is -3.93. The van der Waals surface area contributed by atoms with Gasteiger partial charge in [-0.3, -0.25) is 14.4 Å². The molecule has 0 amide bonds. The summed E-state index contributed by atoms with van der Waals surface area (Å²) in [6.45, 7) is 6.35. The molecule has 0 bridgehead atoms. The van der Waals surface area contributed by atoms with E-state index in [0.717, 1.165) is 148 Å². The van der Waals surface area contributed by atoms with Crippen molar-refractivity contribution >= 4 is 17.9 Å². The predicted octanol–water partition coefficient (Wildman–Crippen LogP) is 18.3. The molecule has 0 rings (SSSR count). The molecule has 6 nitrogen and oxygen atoms in total. The van der Waals surface area contributed by atoms with Crippen LogP contribution in [0.3, 0.4) is 0 Å². The molecule has 0 aliphatic carbocycles. The molecule has 0 saturated carbocycles. The molecule has 0 heterocycles. The first-order valence-corrected chi connectivity index (χ1v) is 27.4. The largest absolute Gasteiger partial charge is 0.462 e. The van der Waals surface area contributed by atoms with Gasteiger partial charge in [-0.2, -0.15) is 0 Å². The van der Waals surface area contributed by atoms with Crippen LogP contribution in [0.4, 0.5) is 0 Å². The van der Waals surface area contributed by atoms with Crippen LogP contribution in [0.5, 0.6) is 0 Å². The Bertz CT molecular complexity index is 1390. The highest BCUT2D eigenvalue weighted by Crippen LogP contribution is 2.13. The quantitative estimate of drug-likeness (QED) is 0.0262. The topological polar surface area (TPSA) is 78.9 Å². The molecule has 0 aromatic carbocycles. The van der Waals surface area contributed by atoms with Crippen molar-refractivity contribution in [3.8, 4) is 0 Å². The molecule has 0 radical (unpaired) electrons. The minimum atomic E-state index is -0.804. The van der Waals surface area contributed by atoms with Crippen LogP contribution in [-0.4, -0.2) is 37.2 Å². The maximum absolute atomic E-state index is 12.8. The molecule has 0 aliphatic heterocycles. The number of hydrogen-bond donors (Lipinski definition) is 0. The number of ether oxygens (including phenoxy) is 3. The van der Waals surface area contributed by atoms with Gasteiger partial charge in [0.05, 0.1) is 0 Å². The van der Waals surface area contributed by atoms with E-state index in [1.54, 1.807) is 0 Å². The van der Waals surface area contributed by atoms with Crippen molar-refractivity contribution in [1.29, 1.82) is 0 Å². The molecular formula is C61H100O6. The van der Waals surface area contributed by atoms with Gasteiger partial charge in [0.25, 0.3) is 0 Å². The Labute approximate surface area is 412 Å². The Kier molecular flexibility index (Phi) is 51.5. The Balaban J connectivity index is 4.46. The van der Waals surface area contributed by atoms with Gasteiger partial charge in [-0.1, -0.05) is 207 Å². The Morgan fingerprint density at radius 2 is 0.582 bits per heavy atom. The highest BCUT2D eigenvalue weighted by molar-refractivity contribution is 5.71. The zero-order valence-electron chi connectivity index (χ0n) is 43.4. The zero-order chi connectivity index (χ0) is 48.6. The van der Waals surface area contributed by atoms with Crippen LogP contribution in [0.1, 0.15) is 239 Å². The van der Waals surface area contributed by atoms with Crippen molar-refractivity contribution in [2.45, 2.75) is 245 Å². The van der Waals surface area contributed by atoms with E-state index in [2.05, 4.69) is 130 Å². The van der Waals surface area contributed by atoms with E-state index in [4.69, 9.17) is 14.2 Å². The van der Waals surface area contributed by atoms with Gasteiger partial charge in [0.1, 0.15) is 13.2 Å². The van der Waals surface area contributed by atoms with Gasteiger partial charge in [0.2, 0.25) is 0 Å². The van der Waals surface area contributed by atoms with Crippen molar-refractivity contribution in [2.75, 3.05) is 13.2 Å². The minimum absolute atomic E-state index is 0.103. The van der Waals surface area contributed by atoms with Crippen LogP contribution >= 0.6 is 0 Å². The van der Waals surface area contributed by atoms with Crippen molar-refractivity contribution < 1.29 is 28.6 Å². The summed E-state index contributed by atoms with van der Waals surface area (Å²) in [5.41, 5.74) is 0. The third-order valence-corrected chi connectivity index (χ3v) is 11.2. The second kappa shape index (κ2) is 54.7. The summed E-state index contributed by atoms with van der Waals surface area (Å²) < 4.78 is 16.8. The second-order valence-electron chi connectivity index (χ2n) is 17.7. The fourth-order valence-electron chi connectivity index (χ4n) is 7.18. The molecule has 0 aliphatic rings. The summed E-state index contributed by atoms with van der Waals surface area (Å²) in [6.07, 6.45) is 73.6. The van der Waals surface area contributed by atoms with E-state index in [1.807, 2.05) is 0 Å². The Morgan fingerprint density at radius 3 is 0.940 bits per heavy atom. The lowest BCUT2D eigenvalue weighted by Gasteiger charge is -2.18. The average Bonchev–Trinajstić information content (AvgIpc) is 3.33. The van der Waals surface area contributed by atoms with Gasteiger partial charge in [-0.25, -0.2) is 0 Å². The van der Waals surface area contributed by atoms with Crippen molar-refractivity contribution in [3.63, 3.8) is 0 Å². The van der Waals surface area contributed by atoms with Gasteiger partial charge >= 0.3 is 17.9 Å². The lowest BCUT2D eigenvalue weighted by molar-refractivity contribution is -0.167. The maximum Gasteiger partial charge on any atom is 0.306 e. The van der Waals surface area contributed by atoms with Crippen molar-refractivity contribution in [1.82, 2.24) is 0 Å². The van der Waals surface area contributed by atoms with E-state index in [-0.39, 0.29) is 31.1 Å². The fraction of sp³-hybridized carbons (Fsp3) is 0.656. The zero-order valence-corrected chi connectivity index (χ0v) is 43.4. The van der Waals surface area contributed by atoms with Gasteiger partial charge in [0, 0.05) is 19.3 Å². The van der Waals surface area contributed by atoms with Crippen LogP contribution < -0.4 is 0 Å². The molecule has 0 fully saturated rings. The van der Waals surface area contributed by atoms with Crippen molar-refractivity contribution in [3.05, 3.63) is 109 Å². The number of esters is 3. The standard InChI is InChI=1S/C61H100O6/c1-4-7-10-13-16-19-22-25-27-28-29-30-31-32-34-36-39-42-45-48-51-54-60(63)66-57-58(56-65-59(62)53-50-47-44-41-38-35-24-21-18-15-12-9-6-3)67-61(64)55-52-49-46-43-40-37-33-26-23-20-17-14-11-8-5-2/h7,9-10,12,16,18-19,21,25-27,29-30,32-35,38,58H,4-6,8,11,13-15,17,20,22-24,28,31,36-37,39-57H2,1-3H3/b10-7-,12-9-,19-16-,21-18-,27-25-,30-29-,33-26-,34-32-,38-35-. The maximum atomic E-state index is 12.8. The van der Waals surface area contributed by atoms with E-state index in [9.17, 15) is 14.4 Å². The summed E-state index contributed by atoms with van der Waals surface area (Å²) in [5, 5.41) is 0. The SMILES string of the molecule is CC/C=C\C/C=C\C/C=C\C/C=C\C/C=C\CCCCCCCC(=O)OCC(COC(=O)CCCCC/C=C\C/C=C\C/C=C\CC)OC(=O)CCCCCCC/C=C\CCCCCCCC. The van der Waals surface area contributed by atoms with Gasteiger partial charge in [0.15, 0.2) is 6.10 Å². The van der Waals surface area contributed by atoms with Gasteiger partial charge in [-0.05, 0) is 122 Å². The first-order chi connectivity index (χ1) is 33.0. The highest BCUT2D eigenvalue weighted by Gasteiger charge is 2.19. The van der Waals surface area contributed by atoms with E-state index in [1.165, 1.54) is 51.4 Å². The van der Waals surface area contributed by atoms with Crippen LogP contribution in [0.15, 0.2) is 109 Å². The summed E-state index contributed by atoms with van der Waals surface area (Å²) in [6, 6.07) is 0. The molecule has 0 saturated heterocycles. The predicted molar refractivity (Wildman–Crippen MR) is 288 cm³/mol. The molecule has 0 aromatic rings. The summed E-state index contributed by atoms with van der Waals surface area (Å²) >= 11 is 0. The van der Waals surface area contributed by atoms with E-state index >= 15 is 0 Å². The molecule has 0 N–H and O–H groups in total. The number of unbranched alkanes of at least 4 members (excludes halogenated alkanes) is 19. The molecule has 1 atom stereocenters. The molecular weight excluding hydrogens is 829 g/mol. The molecule has 67 heavy (non-hydrogen) atoms. The Morgan fingerprint density at radius 1 is 0.313 bits per heavy atom. The number of rotatable bonds is 48. The normalized spacial score (nSPS) is 12.9. The molecule has 0 aromatic heterocycles. The third kappa shape index (κ3) is 52.9. The van der Waals surface area contributed by atoms with Gasteiger partial charge in [-0.15, -0.1) is 0 Å². The first-order valence-electron chi connectivity index (χ1n) is 27.4. The smallest absolute Gasteiger partial charge is 0.306 e. The minimum Gasteiger partial charge on any atom is -0.462 e. The third-order valence-electron chi connectivity index (χ3n) is 11.2. The molecule has 6 heteroatoms. The number of allylic oxidation sites excluding steroid dienone is 18. The monoisotopic (exact) mass is 929 g/mol. The summed E-state index contributed by atoms with van der Waals surface area (Å²) in [5.74, 6) is -0.961. The van der Waals surface area contributed by atoms with Crippen LogP contribution in [-0.2, 0) is 28.6 Å². The molecule has 0 spiro atoms. The van der Waals surface area contributed by atoms with Crippen molar-refractivity contribution in [2.24, 2.45) is 0 Å². The van der Waals surface area contributed by atoms with E-state index in [0.29, 0.717) is 19.3 Å².